The van der Waals surface area contributed by atoms with Gasteiger partial charge < -0.3 is 14.6 Å². The predicted molar refractivity (Wildman–Crippen MR) is 109 cm³/mol. The van der Waals surface area contributed by atoms with E-state index in [1.54, 1.807) is 37.4 Å². The summed E-state index contributed by atoms with van der Waals surface area (Å²) in [6, 6.07) is 12.3. The van der Waals surface area contributed by atoms with Crippen molar-refractivity contribution >= 4 is 34.1 Å². The first kappa shape index (κ1) is 19.0. The minimum atomic E-state index is -0.536. The van der Waals surface area contributed by atoms with Crippen LogP contribution in [0.3, 0.4) is 0 Å². The highest BCUT2D eigenvalue weighted by atomic mass is 35.5. The van der Waals surface area contributed by atoms with E-state index in [4.69, 9.17) is 11.6 Å². The fourth-order valence-electron chi connectivity index (χ4n) is 3.33. The number of hydrogen-bond donors (Lipinski definition) is 1. The number of fused-ring (bicyclic) bond motifs is 1. The monoisotopic (exact) mass is 384 g/mol. The average molecular weight is 385 g/mol. The van der Waals surface area contributed by atoms with Gasteiger partial charge in [-0.25, -0.2) is 0 Å². The molecule has 0 aliphatic heterocycles. The van der Waals surface area contributed by atoms with Crippen LogP contribution in [-0.4, -0.2) is 22.1 Å². The molecular weight excluding hydrogens is 364 g/mol. The maximum absolute atomic E-state index is 13.2. The number of pyridine rings is 1. The molecule has 140 valence electrons. The summed E-state index contributed by atoms with van der Waals surface area (Å²) in [7, 11) is 1.61. The Hall–Kier alpha value is -2.79. The number of benzene rings is 2. The van der Waals surface area contributed by atoms with Crippen LogP contribution in [0.2, 0.25) is 5.02 Å². The second-order valence-electron chi connectivity index (χ2n) is 6.28. The van der Waals surface area contributed by atoms with Gasteiger partial charge in [-0.3, -0.25) is 9.59 Å². The molecule has 0 saturated heterocycles. The van der Waals surface area contributed by atoms with Gasteiger partial charge in [0.15, 0.2) is 0 Å². The van der Waals surface area contributed by atoms with Crippen molar-refractivity contribution in [3.8, 4) is 5.75 Å². The van der Waals surface area contributed by atoms with Crippen LogP contribution < -0.4 is 10.5 Å². The van der Waals surface area contributed by atoms with Crippen molar-refractivity contribution in [3.05, 3.63) is 69.0 Å². The first-order valence-corrected chi connectivity index (χ1v) is 9.19. The molecule has 0 aliphatic rings. The molecular formula is C21H21ClN2O3. The number of nitrogens with zero attached hydrogens (tertiary/aromatic N) is 2. The number of aryl methyl sites for hydroxylation is 2. The van der Waals surface area contributed by atoms with Gasteiger partial charge in [-0.15, -0.1) is 0 Å². The van der Waals surface area contributed by atoms with Gasteiger partial charge in [0.1, 0.15) is 11.3 Å². The third-order valence-electron chi connectivity index (χ3n) is 4.78. The molecule has 1 aromatic heterocycles. The van der Waals surface area contributed by atoms with Crippen molar-refractivity contribution in [1.82, 2.24) is 4.57 Å². The van der Waals surface area contributed by atoms with Gasteiger partial charge in [0, 0.05) is 29.7 Å². The minimum absolute atomic E-state index is 0.220. The first-order valence-electron chi connectivity index (χ1n) is 8.81. The highest BCUT2D eigenvalue weighted by Crippen LogP contribution is 2.31. The van der Waals surface area contributed by atoms with Crippen LogP contribution in [0, 0.1) is 0 Å². The zero-order valence-corrected chi connectivity index (χ0v) is 16.2. The zero-order chi connectivity index (χ0) is 19.7. The molecule has 3 rings (SSSR count). The number of aromatic hydroxyl groups is 1. The zero-order valence-electron chi connectivity index (χ0n) is 15.5. The summed E-state index contributed by atoms with van der Waals surface area (Å²) in [6.45, 7) is 4.12. The van der Waals surface area contributed by atoms with E-state index in [-0.39, 0.29) is 11.3 Å². The lowest BCUT2D eigenvalue weighted by Crippen LogP contribution is -2.36. The van der Waals surface area contributed by atoms with E-state index in [0.717, 1.165) is 5.56 Å². The second kappa shape index (κ2) is 7.45. The number of rotatable bonds is 4. The van der Waals surface area contributed by atoms with Gasteiger partial charge in [-0.1, -0.05) is 30.7 Å². The van der Waals surface area contributed by atoms with E-state index in [0.29, 0.717) is 34.6 Å². The Morgan fingerprint density at radius 2 is 1.81 bits per heavy atom. The van der Waals surface area contributed by atoms with Gasteiger partial charge in [0.25, 0.3) is 11.5 Å². The third-order valence-corrected chi connectivity index (χ3v) is 5.03. The number of carbonyl (C=O) groups excluding carboxylic acids is 1. The lowest BCUT2D eigenvalue weighted by molar-refractivity contribution is 0.0984. The van der Waals surface area contributed by atoms with Crippen LogP contribution in [0.25, 0.3) is 10.9 Å². The van der Waals surface area contributed by atoms with Crippen LogP contribution in [-0.2, 0) is 13.5 Å². The van der Waals surface area contributed by atoms with E-state index in [1.807, 2.05) is 26.0 Å². The second-order valence-corrected chi connectivity index (χ2v) is 6.71. The van der Waals surface area contributed by atoms with Crippen LogP contribution in [0.5, 0.6) is 5.75 Å². The molecule has 5 nitrogen and oxygen atoms in total. The molecule has 1 N–H and O–H groups in total. The maximum atomic E-state index is 13.2. The first-order chi connectivity index (χ1) is 12.9. The standard InChI is InChI=1S/C21H21ClN2O3/c1-4-13-7-6-8-16-17(13)19(25)18(20(26)23(16)3)21(27)24(5-2)15-11-9-14(22)10-12-15/h6-12,25H,4-5H2,1-3H3. The van der Waals surface area contributed by atoms with Crippen LogP contribution >= 0.6 is 11.6 Å². The Morgan fingerprint density at radius 1 is 1.15 bits per heavy atom. The van der Waals surface area contributed by atoms with Crippen LogP contribution in [0.4, 0.5) is 5.69 Å². The number of anilines is 1. The Kier molecular flexibility index (Phi) is 5.24. The average Bonchev–Trinajstić information content (AvgIpc) is 2.67. The van der Waals surface area contributed by atoms with E-state index < -0.39 is 11.5 Å². The maximum Gasteiger partial charge on any atom is 0.267 e. The molecule has 0 spiro atoms. The van der Waals surface area contributed by atoms with E-state index in [9.17, 15) is 14.7 Å². The fourth-order valence-corrected chi connectivity index (χ4v) is 3.46. The topological polar surface area (TPSA) is 62.5 Å². The molecule has 0 atom stereocenters. The molecule has 2 aromatic carbocycles. The van der Waals surface area contributed by atoms with E-state index in [1.165, 1.54) is 9.47 Å². The highest BCUT2D eigenvalue weighted by Gasteiger charge is 2.26. The lowest BCUT2D eigenvalue weighted by atomic mass is 10.0. The third kappa shape index (κ3) is 3.19. The smallest absolute Gasteiger partial charge is 0.267 e. The number of halogens is 1. The Balaban J connectivity index is 2.25. The van der Waals surface area contributed by atoms with Crippen molar-refractivity contribution in [3.63, 3.8) is 0 Å². The molecule has 0 unspecified atom stereocenters. The molecule has 0 radical (unpaired) electrons. The van der Waals surface area contributed by atoms with E-state index >= 15 is 0 Å². The largest absolute Gasteiger partial charge is 0.506 e. The van der Waals surface area contributed by atoms with Crippen molar-refractivity contribution in [2.24, 2.45) is 7.05 Å². The van der Waals surface area contributed by atoms with Gasteiger partial charge in [0.05, 0.1) is 5.52 Å². The van der Waals surface area contributed by atoms with E-state index in [2.05, 4.69) is 0 Å². The number of carbonyl (C=O) groups is 1. The molecule has 3 aromatic rings. The molecule has 1 heterocycles. The van der Waals surface area contributed by atoms with Crippen molar-refractivity contribution in [1.29, 1.82) is 0 Å². The van der Waals surface area contributed by atoms with Gasteiger partial charge >= 0.3 is 0 Å². The highest BCUT2D eigenvalue weighted by molar-refractivity contribution is 6.30. The lowest BCUT2D eigenvalue weighted by Gasteiger charge is -2.22. The van der Waals surface area contributed by atoms with Crippen molar-refractivity contribution in [2.45, 2.75) is 20.3 Å². The number of hydrogen-bond acceptors (Lipinski definition) is 3. The molecule has 0 aliphatic carbocycles. The summed E-state index contributed by atoms with van der Waals surface area (Å²) in [5.74, 6) is -0.798. The normalized spacial score (nSPS) is 11.0. The van der Waals surface area contributed by atoms with Crippen LogP contribution in [0.1, 0.15) is 29.8 Å². The molecule has 1 amide bonds. The Morgan fingerprint density at radius 3 is 2.41 bits per heavy atom. The summed E-state index contributed by atoms with van der Waals surface area (Å²) in [5.41, 5.74) is 1.35. The van der Waals surface area contributed by atoms with Gasteiger partial charge in [0.2, 0.25) is 0 Å². The summed E-state index contributed by atoms with van der Waals surface area (Å²) in [4.78, 5) is 27.6. The minimum Gasteiger partial charge on any atom is -0.506 e. The van der Waals surface area contributed by atoms with Gasteiger partial charge in [-0.2, -0.15) is 0 Å². The SMILES string of the molecule is CCc1cccc2c1c(O)c(C(=O)N(CC)c1ccc(Cl)cc1)c(=O)n2C. The Labute approximate surface area is 162 Å². The predicted octanol–water partition coefficient (Wildman–Crippen LogP) is 4.13. The van der Waals surface area contributed by atoms with Crippen molar-refractivity contribution < 1.29 is 9.90 Å². The summed E-state index contributed by atoms with van der Waals surface area (Å²) in [5, 5.41) is 12.0. The summed E-state index contributed by atoms with van der Waals surface area (Å²) >= 11 is 5.93. The quantitative estimate of drug-likeness (QED) is 0.735. The summed E-state index contributed by atoms with van der Waals surface area (Å²) in [6.07, 6.45) is 0.672. The molecule has 0 fully saturated rings. The Bertz CT molecular complexity index is 1070. The molecule has 0 bridgehead atoms. The molecule has 6 heteroatoms. The van der Waals surface area contributed by atoms with Crippen LogP contribution in [0.15, 0.2) is 47.3 Å². The molecule has 0 saturated carbocycles. The fraction of sp³-hybridized carbons (Fsp3) is 0.238. The molecule has 27 heavy (non-hydrogen) atoms. The summed E-state index contributed by atoms with van der Waals surface area (Å²) < 4.78 is 1.41. The number of aromatic nitrogens is 1. The van der Waals surface area contributed by atoms with Gasteiger partial charge in [-0.05, 0) is 49.2 Å². The van der Waals surface area contributed by atoms with Crippen molar-refractivity contribution in [2.75, 3.05) is 11.4 Å². The number of amides is 1.